The molecule has 3 aromatic rings. The van der Waals surface area contributed by atoms with Crippen molar-refractivity contribution in [1.29, 1.82) is 0 Å². The standard InChI is InChI=1S/C16H18N4O3S/c1-12(2)23-16-7-6-13(9-17-16)10-19-24(21,22)15-11-18-20-8-4-3-5-14(15)20/h3-9,11-12,19H,10H2,1-2H3. The largest absolute Gasteiger partial charge is 0.475 e. The number of ether oxygens (including phenoxy) is 1. The van der Waals surface area contributed by atoms with E-state index in [1.807, 2.05) is 13.8 Å². The Labute approximate surface area is 140 Å². The zero-order valence-corrected chi connectivity index (χ0v) is 14.2. The molecule has 0 aliphatic heterocycles. The lowest BCUT2D eigenvalue weighted by atomic mass is 10.3. The van der Waals surface area contributed by atoms with Crippen LogP contribution in [-0.2, 0) is 16.6 Å². The average molecular weight is 346 g/mol. The quantitative estimate of drug-likeness (QED) is 0.738. The fraction of sp³-hybridized carbons (Fsp3) is 0.250. The van der Waals surface area contributed by atoms with E-state index < -0.39 is 10.0 Å². The highest BCUT2D eigenvalue weighted by atomic mass is 32.2. The zero-order chi connectivity index (χ0) is 17.2. The molecule has 3 rings (SSSR count). The van der Waals surface area contributed by atoms with Crippen molar-refractivity contribution in [3.63, 3.8) is 0 Å². The summed E-state index contributed by atoms with van der Waals surface area (Å²) in [7, 11) is -3.66. The molecule has 0 fully saturated rings. The minimum absolute atomic E-state index is 0.0393. The van der Waals surface area contributed by atoms with Crippen molar-refractivity contribution in [2.24, 2.45) is 0 Å². The van der Waals surface area contributed by atoms with Crippen molar-refractivity contribution >= 4 is 15.5 Å². The van der Waals surface area contributed by atoms with Crippen molar-refractivity contribution in [2.75, 3.05) is 0 Å². The highest BCUT2D eigenvalue weighted by Crippen LogP contribution is 2.16. The van der Waals surface area contributed by atoms with Crippen molar-refractivity contribution in [2.45, 2.75) is 31.4 Å². The topological polar surface area (TPSA) is 85.6 Å². The van der Waals surface area contributed by atoms with Gasteiger partial charge in [-0.15, -0.1) is 0 Å². The molecule has 0 aliphatic carbocycles. The third-order valence-corrected chi connectivity index (χ3v) is 4.72. The van der Waals surface area contributed by atoms with Crippen LogP contribution in [0.2, 0.25) is 0 Å². The summed E-state index contributed by atoms with van der Waals surface area (Å²) in [6.07, 6.45) is 4.68. The van der Waals surface area contributed by atoms with Gasteiger partial charge in [0.15, 0.2) is 0 Å². The van der Waals surface area contributed by atoms with Crippen LogP contribution >= 0.6 is 0 Å². The van der Waals surface area contributed by atoms with Gasteiger partial charge in [-0.1, -0.05) is 12.1 Å². The van der Waals surface area contributed by atoms with Crippen LogP contribution in [0.3, 0.4) is 0 Å². The lowest BCUT2D eigenvalue weighted by Crippen LogP contribution is -2.23. The van der Waals surface area contributed by atoms with Gasteiger partial charge in [-0.25, -0.2) is 22.6 Å². The lowest BCUT2D eigenvalue weighted by Gasteiger charge is -2.09. The molecule has 0 atom stereocenters. The molecule has 0 amide bonds. The van der Waals surface area contributed by atoms with E-state index in [0.29, 0.717) is 11.4 Å². The molecule has 0 aliphatic rings. The van der Waals surface area contributed by atoms with Gasteiger partial charge < -0.3 is 4.74 Å². The molecule has 3 aromatic heterocycles. The maximum atomic E-state index is 12.5. The Kier molecular flexibility index (Phi) is 4.50. The second-order valence-electron chi connectivity index (χ2n) is 5.54. The molecule has 0 saturated carbocycles. The van der Waals surface area contributed by atoms with Crippen molar-refractivity contribution in [1.82, 2.24) is 19.3 Å². The summed E-state index contributed by atoms with van der Waals surface area (Å²) in [5.41, 5.74) is 1.27. The summed E-state index contributed by atoms with van der Waals surface area (Å²) in [6.45, 7) is 3.97. The molecule has 0 bridgehead atoms. The Morgan fingerprint density at radius 1 is 1.21 bits per heavy atom. The number of hydrogen-bond donors (Lipinski definition) is 1. The molecule has 24 heavy (non-hydrogen) atoms. The lowest BCUT2D eigenvalue weighted by molar-refractivity contribution is 0.232. The third-order valence-electron chi connectivity index (χ3n) is 3.30. The summed E-state index contributed by atoms with van der Waals surface area (Å²) in [6, 6.07) is 8.77. The predicted molar refractivity (Wildman–Crippen MR) is 89.2 cm³/mol. The van der Waals surface area contributed by atoms with Gasteiger partial charge in [0.1, 0.15) is 4.90 Å². The summed E-state index contributed by atoms with van der Waals surface area (Å²) < 4.78 is 34.5. The normalized spacial score (nSPS) is 12.0. The Balaban J connectivity index is 1.73. The molecule has 1 N–H and O–H groups in total. The summed E-state index contributed by atoms with van der Waals surface area (Å²) in [4.78, 5) is 4.31. The number of nitrogens with one attached hydrogen (secondary N) is 1. The van der Waals surface area contributed by atoms with E-state index in [0.717, 1.165) is 5.56 Å². The fourth-order valence-electron chi connectivity index (χ4n) is 2.20. The van der Waals surface area contributed by atoms with Crippen LogP contribution in [0.4, 0.5) is 0 Å². The summed E-state index contributed by atoms with van der Waals surface area (Å²) in [5, 5.41) is 4.05. The monoisotopic (exact) mass is 346 g/mol. The molecule has 7 nitrogen and oxygen atoms in total. The number of pyridine rings is 2. The van der Waals surface area contributed by atoms with Gasteiger partial charge in [-0.2, -0.15) is 5.10 Å². The summed E-state index contributed by atoms with van der Waals surface area (Å²) in [5.74, 6) is 0.513. The highest BCUT2D eigenvalue weighted by Gasteiger charge is 2.19. The molecule has 8 heteroatoms. The second-order valence-corrected chi connectivity index (χ2v) is 7.27. The Bertz CT molecular complexity index is 933. The average Bonchev–Trinajstić information content (AvgIpc) is 2.99. The van der Waals surface area contributed by atoms with Gasteiger partial charge in [0, 0.05) is 25.0 Å². The van der Waals surface area contributed by atoms with Crippen LogP contribution in [-0.4, -0.2) is 29.1 Å². The van der Waals surface area contributed by atoms with E-state index in [1.54, 1.807) is 42.7 Å². The molecule has 3 heterocycles. The first-order valence-electron chi connectivity index (χ1n) is 7.49. The van der Waals surface area contributed by atoms with Gasteiger partial charge >= 0.3 is 0 Å². The molecule has 0 saturated heterocycles. The fourth-order valence-corrected chi connectivity index (χ4v) is 3.34. The predicted octanol–water partition coefficient (Wildman–Crippen LogP) is 1.99. The molecular formula is C16H18N4O3S. The SMILES string of the molecule is CC(C)Oc1ccc(CNS(=O)(=O)c2cnn3ccccc23)cn1. The van der Waals surface area contributed by atoms with Crippen LogP contribution < -0.4 is 9.46 Å². The number of fused-ring (bicyclic) bond motifs is 1. The van der Waals surface area contributed by atoms with E-state index in [2.05, 4.69) is 14.8 Å². The maximum absolute atomic E-state index is 12.5. The molecule has 0 aromatic carbocycles. The van der Waals surface area contributed by atoms with E-state index in [-0.39, 0.29) is 17.5 Å². The van der Waals surface area contributed by atoms with E-state index in [4.69, 9.17) is 4.74 Å². The zero-order valence-electron chi connectivity index (χ0n) is 13.4. The van der Waals surface area contributed by atoms with Crippen LogP contribution in [0.5, 0.6) is 5.88 Å². The van der Waals surface area contributed by atoms with Crippen LogP contribution in [0.1, 0.15) is 19.4 Å². The molecule has 0 radical (unpaired) electrons. The summed E-state index contributed by atoms with van der Waals surface area (Å²) >= 11 is 0. The van der Waals surface area contributed by atoms with Crippen molar-refractivity contribution in [3.05, 3.63) is 54.5 Å². The Morgan fingerprint density at radius 2 is 2.04 bits per heavy atom. The first-order chi connectivity index (χ1) is 11.5. The highest BCUT2D eigenvalue weighted by molar-refractivity contribution is 7.89. The number of hydrogen-bond acceptors (Lipinski definition) is 5. The van der Waals surface area contributed by atoms with Crippen LogP contribution in [0.15, 0.2) is 53.8 Å². The smallest absolute Gasteiger partial charge is 0.244 e. The minimum atomic E-state index is -3.66. The third kappa shape index (κ3) is 3.55. The first-order valence-corrected chi connectivity index (χ1v) is 8.97. The second kappa shape index (κ2) is 6.58. The molecule has 0 unspecified atom stereocenters. The van der Waals surface area contributed by atoms with Crippen molar-refractivity contribution < 1.29 is 13.2 Å². The molecular weight excluding hydrogens is 328 g/mol. The van der Waals surface area contributed by atoms with Gasteiger partial charge in [0.2, 0.25) is 15.9 Å². The molecule has 0 spiro atoms. The molecule has 126 valence electrons. The minimum Gasteiger partial charge on any atom is -0.475 e. The van der Waals surface area contributed by atoms with Gasteiger partial charge in [0.05, 0.1) is 17.8 Å². The van der Waals surface area contributed by atoms with Gasteiger partial charge in [-0.3, -0.25) is 0 Å². The van der Waals surface area contributed by atoms with Crippen LogP contribution in [0.25, 0.3) is 5.52 Å². The Hall–Kier alpha value is -2.45. The first kappa shape index (κ1) is 16.4. The maximum Gasteiger partial charge on any atom is 0.244 e. The van der Waals surface area contributed by atoms with Gasteiger partial charge in [-0.05, 0) is 31.5 Å². The number of sulfonamides is 1. The van der Waals surface area contributed by atoms with Crippen LogP contribution in [0, 0.1) is 0 Å². The van der Waals surface area contributed by atoms with E-state index >= 15 is 0 Å². The number of nitrogens with zero attached hydrogens (tertiary/aromatic N) is 3. The van der Waals surface area contributed by atoms with E-state index in [1.165, 1.54) is 10.7 Å². The number of rotatable bonds is 6. The van der Waals surface area contributed by atoms with Crippen molar-refractivity contribution in [3.8, 4) is 5.88 Å². The van der Waals surface area contributed by atoms with Gasteiger partial charge in [0.25, 0.3) is 0 Å². The number of aromatic nitrogens is 3. The Morgan fingerprint density at radius 3 is 2.75 bits per heavy atom. The van der Waals surface area contributed by atoms with E-state index in [9.17, 15) is 8.42 Å².